The van der Waals surface area contributed by atoms with E-state index in [9.17, 15) is 9.59 Å². The van der Waals surface area contributed by atoms with Crippen LogP contribution in [-0.4, -0.2) is 41.9 Å². The molecule has 0 aromatic carbocycles. The van der Waals surface area contributed by atoms with Gasteiger partial charge in [0.1, 0.15) is 6.04 Å². The Hall–Kier alpha value is -1.10. The lowest BCUT2D eigenvalue weighted by atomic mass is 9.99. The van der Waals surface area contributed by atoms with Crippen molar-refractivity contribution in [1.29, 1.82) is 0 Å². The molecule has 5 heteroatoms. The molecule has 106 valence electrons. The van der Waals surface area contributed by atoms with Crippen LogP contribution in [0.5, 0.6) is 0 Å². The maximum absolute atomic E-state index is 12.0. The van der Waals surface area contributed by atoms with Crippen molar-refractivity contribution in [3.05, 3.63) is 0 Å². The molecule has 0 fully saturated rings. The van der Waals surface area contributed by atoms with E-state index in [1.807, 2.05) is 27.7 Å². The Labute approximate surface area is 110 Å². The Balaban J connectivity index is 4.43. The molecule has 2 amide bonds. The van der Waals surface area contributed by atoms with Crippen LogP contribution in [0.1, 0.15) is 41.0 Å². The summed E-state index contributed by atoms with van der Waals surface area (Å²) in [4.78, 5) is 25.5. The minimum atomic E-state index is -0.554. The number of nitrogens with one attached hydrogen (secondary N) is 1. The second-order valence-electron chi connectivity index (χ2n) is 4.65. The SMILES string of the molecule is CCC(C)[C@H](N)C(=O)NC(C)C(=O)N(CC)CC. The summed E-state index contributed by atoms with van der Waals surface area (Å²) < 4.78 is 0. The number of hydrogen-bond acceptors (Lipinski definition) is 3. The summed E-state index contributed by atoms with van der Waals surface area (Å²) in [5.41, 5.74) is 5.82. The molecule has 0 bridgehead atoms. The molecular weight excluding hydrogens is 230 g/mol. The van der Waals surface area contributed by atoms with Gasteiger partial charge in [0.25, 0.3) is 0 Å². The third-order valence-electron chi connectivity index (χ3n) is 3.36. The number of hydrogen-bond donors (Lipinski definition) is 2. The molecular formula is C13H27N3O2. The van der Waals surface area contributed by atoms with Gasteiger partial charge in [-0.15, -0.1) is 0 Å². The average molecular weight is 257 g/mol. The lowest BCUT2D eigenvalue weighted by molar-refractivity contribution is -0.136. The first-order valence-corrected chi connectivity index (χ1v) is 6.73. The first kappa shape index (κ1) is 16.9. The molecule has 0 aliphatic heterocycles. The van der Waals surface area contributed by atoms with Crippen molar-refractivity contribution in [2.45, 2.75) is 53.1 Å². The fourth-order valence-corrected chi connectivity index (χ4v) is 1.69. The second kappa shape index (κ2) is 8.08. The molecule has 0 aliphatic rings. The summed E-state index contributed by atoms with van der Waals surface area (Å²) in [6.45, 7) is 10.7. The van der Waals surface area contributed by atoms with Crippen molar-refractivity contribution in [1.82, 2.24) is 10.2 Å². The van der Waals surface area contributed by atoms with Gasteiger partial charge in [0, 0.05) is 13.1 Å². The second-order valence-corrected chi connectivity index (χ2v) is 4.65. The van der Waals surface area contributed by atoms with E-state index in [2.05, 4.69) is 5.32 Å². The zero-order valence-electron chi connectivity index (χ0n) is 12.2. The van der Waals surface area contributed by atoms with Crippen LogP contribution >= 0.6 is 0 Å². The summed E-state index contributed by atoms with van der Waals surface area (Å²) in [6, 6.07) is -1.07. The number of nitrogens with zero attached hydrogens (tertiary/aromatic N) is 1. The normalized spacial score (nSPS) is 15.7. The Morgan fingerprint density at radius 3 is 2.06 bits per heavy atom. The third-order valence-corrected chi connectivity index (χ3v) is 3.36. The molecule has 3 N–H and O–H groups in total. The first-order valence-electron chi connectivity index (χ1n) is 6.73. The van der Waals surface area contributed by atoms with Gasteiger partial charge < -0.3 is 16.0 Å². The molecule has 0 aromatic rings. The van der Waals surface area contributed by atoms with Gasteiger partial charge in [-0.1, -0.05) is 20.3 Å². The van der Waals surface area contributed by atoms with Crippen molar-refractivity contribution in [3.8, 4) is 0 Å². The number of amides is 2. The first-order chi connectivity index (χ1) is 8.38. The summed E-state index contributed by atoms with van der Waals surface area (Å²) in [5.74, 6) is -0.206. The van der Waals surface area contributed by atoms with Crippen LogP contribution in [0, 0.1) is 5.92 Å². The molecule has 0 aromatic heterocycles. The Kier molecular flexibility index (Phi) is 7.59. The van der Waals surface area contributed by atoms with Crippen LogP contribution in [0.2, 0.25) is 0 Å². The Morgan fingerprint density at radius 2 is 1.67 bits per heavy atom. The van der Waals surface area contributed by atoms with E-state index in [0.29, 0.717) is 13.1 Å². The van der Waals surface area contributed by atoms with E-state index >= 15 is 0 Å². The van der Waals surface area contributed by atoms with Crippen molar-refractivity contribution in [2.75, 3.05) is 13.1 Å². The maximum atomic E-state index is 12.0. The van der Waals surface area contributed by atoms with Crippen LogP contribution in [0.4, 0.5) is 0 Å². The molecule has 0 heterocycles. The van der Waals surface area contributed by atoms with Crippen LogP contribution in [-0.2, 0) is 9.59 Å². The molecule has 5 nitrogen and oxygen atoms in total. The number of carbonyl (C=O) groups excluding carboxylic acids is 2. The fourth-order valence-electron chi connectivity index (χ4n) is 1.69. The standard InChI is InChI=1S/C13H27N3O2/c1-6-9(4)11(14)12(17)15-10(5)13(18)16(7-2)8-3/h9-11H,6-8,14H2,1-5H3,(H,15,17)/t9?,10?,11-/m0/s1. The Bertz CT molecular complexity index is 277. The highest BCUT2D eigenvalue weighted by molar-refractivity contribution is 5.89. The van der Waals surface area contributed by atoms with E-state index in [1.165, 1.54) is 0 Å². The van der Waals surface area contributed by atoms with Gasteiger partial charge in [0.2, 0.25) is 11.8 Å². The zero-order valence-corrected chi connectivity index (χ0v) is 12.2. The molecule has 0 spiro atoms. The van der Waals surface area contributed by atoms with Crippen molar-refractivity contribution >= 4 is 11.8 Å². The molecule has 0 rings (SSSR count). The summed E-state index contributed by atoms with van der Waals surface area (Å²) in [6.07, 6.45) is 0.840. The van der Waals surface area contributed by atoms with Crippen molar-refractivity contribution in [2.24, 2.45) is 11.7 Å². The van der Waals surface area contributed by atoms with Gasteiger partial charge in [0.05, 0.1) is 6.04 Å². The fraction of sp³-hybridized carbons (Fsp3) is 0.846. The molecule has 18 heavy (non-hydrogen) atoms. The minimum Gasteiger partial charge on any atom is -0.343 e. The highest BCUT2D eigenvalue weighted by Crippen LogP contribution is 2.05. The Morgan fingerprint density at radius 1 is 1.17 bits per heavy atom. The number of rotatable bonds is 7. The van der Waals surface area contributed by atoms with Crippen LogP contribution in [0.3, 0.4) is 0 Å². The molecule has 3 atom stereocenters. The highest BCUT2D eigenvalue weighted by atomic mass is 16.2. The third kappa shape index (κ3) is 4.64. The molecule has 0 saturated carbocycles. The van der Waals surface area contributed by atoms with Crippen LogP contribution in [0.15, 0.2) is 0 Å². The molecule has 0 aliphatic carbocycles. The van der Waals surface area contributed by atoms with Gasteiger partial charge in [-0.3, -0.25) is 9.59 Å². The van der Waals surface area contributed by atoms with Gasteiger partial charge in [-0.25, -0.2) is 0 Å². The lowest BCUT2D eigenvalue weighted by Crippen LogP contribution is -2.52. The minimum absolute atomic E-state index is 0.0651. The number of carbonyl (C=O) groups is 2. The van der Waals surface area contributed by atoms with Gasteiger partial charge in [-0.2, -0.15) is 0 Å². The van der Waals surface area contributed by atoms with E-state index in [-0.39, 0.29) is 17.7 Å². The largest absolute Gasteiger partial charge is 0.343 e. The van der Waals surface area contributed by atoms with E-state index < -0.39 is 12.1 Å². The van der Waals surface area contributed by atoms with E-state index in [4.69, 9.17) is 5.73 Å². The van der Waals surface area contributed by atoms with Gasteiger partial charge in [-0.05, 0) is 26.7 Å². The van der Waals surface area contributed by atoms with Gasteiger partial charge >= 0.3 is 0 Å². The monoisotopic (exact) mass is 257 g/mol. The predicted molar refractivity (Wildman–Crippen MR) is 73.0 cm³/mol. The van der Waals surface area contributed by atoms with E-state index in [0.717, 1.165) is 6.42 Å². The average Bonchev–Trinajstić information content (AvgIpc) is 2.37. The van der Waals surface area contributed by atoms with Crippen LogP contribution < -0.4 is 11.1 Å². The van der Waals surface area contributed by atoms with Crippen molar-refractivity contribution in [3.63, 3.8) is 0 Å². The van der Waals surface area contributed by atoms with Crippen LogP contribution in [0.25, 0.3) is 0 Å². The summed E-state index contributed by atoms with van der Waals surface area (Å²) >= 11 is 0. The lowest BCUT2D eigenvalue weighted by Gasteiger charge is -2.25. The molecule has 0 radical (unpaired) electrons. The maximum Gasteiger partial charge on any atom is 0.244 e. The highest BCUT2D eigenvalue weighted by Gasteiger charge is 2.24. The zero-order chi connectivity index (χ0) is 14.3. The molecule has 2 unspecified atom stereocenters. The smallest absolute Gasteiger partial charge is 0.244 e. The quantitative estimate of drug-likeness (QED) is 0.706. The summed E-state index contributed by atoms with van der Waals surface area (Å²) in [5, 5.41) is 2.69. The predicted octanol–water partition coefficient (Wildman–Crippen LogP) is 0.733. The number of nitrogens with two attached hydrogens (primary N) is 1. The van der Waals surface area contributed by atoms with Crippen molar-refractivity contribution < 1.29 is 9.59 Å². The topological polar surface area (TPSA) is 75.4 Å². The molecule has 0 saturated heterocycles. The number of likely N-dealkylation sites (N-methyl/N-ethyl adjacent to an activating group) is 1. The van der Waals surface area contributed by atoms with E-state index in [1.54, 1.807) is 11.8 Å². The summed E-state index contributed by atoms with van der Waals surface area (Å²) in [7, 11) is 0. The van der Waals surface area contributed by atoms with Gasteiger partial charge in [0.15, 0.2) is 0 Å².